The van der Waals surface area contributed by atoms with Crippen molar-refractivity contribution < 1.29 is 0 Å². The normalized spacial score (nSPS) is 13.7. The molecule has 0 spiro atoms. The molecule has 0 radical (unpaired) electrons. The predicted molar refractivity (Wildman–Crippen MR) is 344 cm³/mol. The van der Waals surface area contributed by atoms with Crippen molar-refractivity contribution >= 4 is 90.7 Å². The molecule has 0 atom stereocenters. The van der Waals surface area contributed by atoms with E-state index in [0.717, 1.165) is 22.7 Å². The summed E-state index contributed by atoms with van der Waals surface area (Å²) >= 11 is 0. The summed E-state index contributed by atoms with van der Waals surface area (Å²) in [6, 6.07) is 90.0. The van der Waals surface area contributed by atoms with E-state index in [9.17, 15) is 0 Å². The number of nitrogens with zero attached hydrogens (tertiary/aromatic N) is 2. The Morgan fingerprint density at radius 3 is 0.963 bits per heavy atom. The average Bonchev–Trinajstić information content (AvgIpc) is 4.02. The van der Waals surface area contributed by atoms with Crippen molar-refractivity contribution in [1.29, 1.82) is 0 Å². The SMILES string of the molecule is Cc1cccc(N(c2ccccc2)c2ccc3c(c2)C(C)(C)c2cc(/C=C/c4ccc5c6ccc(/C=C/c7ccc8c(c7)C(C)(C)c7cc(N(c9ccccc9)c9cccc(C)c9)ccc7-8)cc6c6ccccc6c5c4)ccc2-3)c1. The van der Waals surface area contributed by atoms with Gasteiger partial charge in [0.25, 0.3) is 0 Å². The third-order valence-electron chi connectivity index (χ3n) is 17.3. The van der Waals surface area contributed by atoms with Crippen LogP contribution in [0.2, 0.25) is 0 Å². The molecule has 0 bridgehead atoms. The van der Waals surface area contributed by atoms with Gasteiger partial charge in [-0.05, 0) is 209 Å². The van der Waals surface area contributed by atoms with Crippen LogP contribution in [0.1, 0.15) is 83.3 Å². The molecule has 2 nitrogen and oxygen atoms in total. The zero-order chi connectivity index (χ0) is 54.3. The highest BCUT2D eigenvalue weighted by atomic mass is 15.1. The molecular formula is C78H62N2. The fourth-order valence-electron chi connectivity index (χ4n) is 13.1. The topological polar surface area (TPSA) is 6.48 Å². The zero-order valence-electron chi connectivity index (χ0n) is 46.3. The van der Waals surface area contributed by atoms with E-state index >= 15 is 0 Å². The van der Waals surface area contributed by atoms with Crippen molar-refractivity contribution in [2.45, 2.75) is 52.4 Å². The molecule has 14 rings (SSSR count). The number of hydrogen-bond acceptors (Lipinski definition) is 2. The molecule has 0 N–H and O–H groups in total. The first-order valence-corrected chi connectivity index (χ1v) is 28.1. The third kappa shape index (κ3) is 8.34. The molecule has 80 heavy (non-hydrogen) atoms. The molecule has 0 amide bonds. The summed E-state index contributed by atoms with van der Waals surface area (Å²) in [4.78, 5) is 4.76. The number of aryl methyl sites for hydroxylation is 2. The summed E-state index contributed by atoms with van der Waals surface area (Å²) in [5.41, 5.74) is 24.5. The maximum Gasteiger partial charge on any atom is 0.0465 e. The van der Waals surface area contributed by atoms with E-state index in [1.165, 1.54) is 122 Å². The van der Waals surface area contributed by atoms with Gasteiger partial charge in [0.05, 0.1) is 0 Å². The molecule has 2 heteroatoms. The van der Waals surface area contributed by atoms with E-state index in [1.807, 2.05) is 0 Å². The van der Waals surface area contributed by atoms with Crippen LogP contribution in [-0.2, 0) is 10.8 Å². The molecule has 0 saturated carbocycles. The van der Waals surface area contributed by atoms with Crippen molar-refractivity contribution in [1.82, 2.24) is 0 Å². The van der Waals surface area contributed by atoms with Gasteiger partial charge in [0.2, 0.25) is 0 Å². The second kappa shape index (κ2) is 19.1. The first-order valence-electron chi connectivity index (χ1n) is 28.1. The Kier molecular flexibility index (Phi) is 11.7. The van der Waals surface area contributed by atoms with E-state index in [2.05, 4.69) is 318 Å². The summed E-state index contributed by atoms with van der Waals surface area (Å²) in [5.74, 6) is 0. The first-order chi connectivity index (χ1) is 39.0. The van der Waals surface area contributed by atoms with Crippen LogP contribution in [0.3, 0.4) is 0 Å². The molecule has 0 aromatic heterocycles. The van der Waals surface area contributed by atoms with E-state index in [0.29, 0.717) is 0 Å². The van der Waals surface area contributed by atoms with Crippen LogP contribution in [0.5, 0.6) is 0 Å². The smallest absolute Gasteiger partial charge is 0.0465 e. The van der Waals surface area contributed by atoms with Gasteiger partial charge in [-0.2, -0.15) is 0 Å². The average molecular weight is 1030 g/mol. The second-order valence-corrected chi connectivity index (χ2v) is 23.2. The van der Waals surface area contributed by atoms with Crippen LogP contribution < -0.4 is 9.80 Å². The minimum Gasteiger partial charge on any atom is -0.310 e. The molecular weight excluding hydrogens is 965 g/mol. The Balaban J connectivity index is 0.733. The fourth-order valence-corrected chi connectivity index (χ4v) is 13.1. The Hall–Kier alpha value is -9.50. The summed E-state index contributed by atoms with van der Waals surface area (Å²) in [6.45, 7) is 13.8. The van der Waals surface area contributed by atoms with E-state index < -0.39 is 0 Å². The number of anilines is 6. The molecule has 0 aliphatic heterocycles. The largest absolute Gasteiger partial charge is 0.310 e. The number of benzene rings is 12. The quantitative estimate of drug-likeness (QED) is 0.0995. The molecule has 0 unspecified atom stereocenters. The van der Waals surface area contributed by atoms with Crippen molar-refractivity contribution in [2.24, 2.45) is 0 Å². The van der Waals surface area contributed by atoms with Gasteiger partial charge in [-0.1, -0.05) is 210 Å². The first kappa shape index (κ1) is 48.8. The van der Waals surface area contributed by atoms with E-state index in [1.54, 1.807) is 0 Å². The number of hydrogen-bond donors (Lipinski definition) is 0. The Morgan fingerprint density at radius 1 is 0.250 bits per heavy atom. The van der Waals surface area contributed by atoms with Gasteiger partial charge in [0.15, 0.2) is 0 Å². The van der Waals surface area contributed by atoms with Crippen molar-refractivity contribution in [2.75, 3.05) is 9.80 Å². The van der Waals surface area contributed by atoms with E-state index in [4.69, 9.17) is 0 Å². The molecule has 2 aliphatic rings. The molecule has 2 aliphatic carbocycles. The van der Waals surface area contributed by atoms with Gasteiger partial charge in [-0.3, -0.25) is 0 Å². The van der Waals surface area contributed by atoms with E-state index in [-0.39, 0.29) is 10.8 Å². The standard InChI is InChI=1S/C78H62N2/c1-51-17-15-23-59(43-51)79(57-19-9-7-10-20-57)61-35-41-69-67-39-33-55(47-73(67)77(3,4)75(69)49-61)29-27-53-31-37-65-66-38-32-54(46-72(66)64-26-14-13-25-63(64)71(65)45-53)28-30-56-34-40-68-70-42-36-62(50-76(70)78(5,6)74(68)48-56)80(58-21-11-8-12-22-58)60-24-16-18-52(2)44-60/h7-50H,1-6H3/b29-27+,30-28+. The van der Waals surface area contributed by atoms with Crippen molar-refractivity contribution in [3.63, 3.8) is 0 Å². The van der Waals surface area contributed by atoms with Gasteiger partial charge in [-0.25, -0.2) is 0 Å². The summed E-state index contributed by atoms with van der Waals surface area (Å²) in [7, 11) is 0. The maximum atomic E-state index is 2.41. The highest BCUT2D eigenvalue weighted by Gasteiger charge is 2.38. The van der Waals surface area contributed by atoms with Crippen LogP contribution in [-0.4, -0.2) is 0 Å². The van der Waals surface area contributed by atoms with Crippen molar-refractivity contribution in [3.05, 3.63) is 298 Å². The number of fused-ring (bicyclic) bond motifs is 12. The molecule has 12 aromatic carbocycles. The Labute approximate surface area is 470 Å². The lowest BCUT2D eigenvalue weighted by Gasteiger charge is -2.28. The van der Waals surface area contributed by atoms with Crippen LogP contribution in [0, 0.1) is 13.8 Å². The van der Waals surface area contributed by atoms with Crippen LogP contribution in [0.4, 0.5) is 34.1 Å². The fraction of sp³-hybridized carbons (Fsp3) is 0.103. The molecule has 0 heterocycles. The molecule has 0 saturated heterocycles. The van der Waals surface area contributed by atoms with Gasteiger partial charge in [0.1, 0.15) is 0 Å². The minimum atomic E-state index is -0.176. The highest BCUT2D eigenvalue weighted by molar-refractivity contribution is 6.26. The maximum absolute atomic E-state index is 2.41. The van der Waals surface area contributed by atoms with Gasteiger partial charge < -0.3 is 9.80 Å². The summed E-state index contributed by atoms with van der Waals surface area (Å²) in [5, 5.41) is 7.62. The van der Waals surface area contributed by atoms with Gasteiger partial charge in [-0.15, -0.1) is 0 Å². The zero-order valence-corrected chi connectivity index (χ0v) is 46.3. The monoisotopic (exact) mass is 1030 g/mol. The lowest BCUT2D eigenvalue weighted by molar-refractivity contribution is 0.660. The minimum absolute atomic E-state index is 0.176. The lowest BCUT2D eigenvalue weighted by Crippen LogP contribution is -2.16. The summed E-state index contributed by atoms with van der Waals surface area (Å²) in [6.07, 6.45) is 9.13. The van der Waals surface area contributed by atoms with Gasteiger partial charge >= 0.3 is 0 Å². The van der Waals surface area contributed by atoms with Crippen molar-refractivity contribution in [3.8, 4) is 22.3 Å². The predicted octanol–water partition coefficient (Wildman–Crippen LogP) is 21.7. The van der Waals surface area contributed by atoms with Crippen LogP contribution in [0.25, 0.3) is 78.9 Å². The summed E-state index contributed by atoms with van der Waals surface area (Å²) < 4.78 is 0. The molecule has 0 fully saturated rings. The number of rotatable bonds is 10. The third-order valence-corrected chi connectivity index (χ3v) is 17.3. The van der Waals surface area contributed by atoms with Gasteiger partial charge in [0, 0.05) is 45.0 Å². The van der Waals surface area contributed by atoms with Crippen LogP contribution >= 0.6 is 0 Å². The highest BCUT2D eigenvalue weighted by Crippen LogP contribution is 2.53. The van der Waals surface area contributed by atoms with Crippen LogP contribution in [0.15, 0.2) is 243 Å². The second-order valence-electron chi connectivity index (χ2n) is 23.2. The lowest BCUT2D eigenvalue weighted by atomic mass is 9.81. The Morgan fingerprint density at radius 2 is 0.562 bits per heavy atom. The molecule has 384 valence electrons. The number of para-hydroxylation sites is 2. The Bertz CT molecular complexity index is 4190. The molecule has 12 aromatic rings.